The topological polar surface area (TPSA) is 80.6 Å². The highest BCUT2D eigenvalue weighted by molar-refractivity contribution is 9.10. The number of hydrogen-bond donors (Lipinski definition) is 1. The Morgan fingerprint density at radius 3 is 2.50 bits per heavy atom. The van der Waals surface area contributed by atoms with Crippen molar-refractivity contribution in [2.75, 3.05) is 0 Å². The third kappa shape index (κ3) is 3.89. The van der Waals surface area contributed by atoms with Gasteiger partial charge in [-0.2, -0.15) is 0 Å². The summed E-state index contributed by atoms with van der Waals surface area (Å²) in [6.07, 6.45) is 1.44. The zero-order valence-corrected chi connectivity index (χ0v) is 17.4. The highest BCUT2D eigenvalue weighted by Crippen LogP contribution is 2.21. The Morgan fingerprint density at radius 2 is 1.79 bits per heavy atom. The van der Waals surface area contributed by atoms with Crippen molar-refractivity contribution in [2.24, 2.45) is 0 Å². The van der Waals surface area contributed by atoms with Crippen molar-refractivity contribution in [2.45, 2.75) is 10.9 Å². The lowest BCUT2D eigenvalue weighted by Gasteiger charge is -2.07. The lowest BCUT2D eigenvalue weighted by Crippen LogP contribution is -2.34. The number of thioether (sulfide) groups is 1. The Labute approximate surface area is 176 Å². The van der Waals surface area contributed by atoms with Crippen LogP contribution in [0, 0.1) is 0 Å². The second kappa shape index (κ2) is 7.90. The van der Waals surface area contributed by atoms with Crippen LogP contribution in [0.1, 0.15) is 5.56 Å². The summed E-state index contributed by atoms with van der Waals surface area (Å²) >= 11 is 10.7. The fourth-order valence-corrected chi connectivity index (χ4v) is 3.77. The zero-order chi connectivity index (χ0) is 19.7. The van der Waals surface area contributed by atoms with Crippen LogP contribution in [0.25, 0.3) is 16.7 Å². The largest absolute Gasteiger partial charge is 0.334 e. The molecule has 2 aromatic heterocycles. The Balaban J connectivity index is 1.68. The van der Waals surface area contributed by atoms with E-state index in [1.165, 1.54) is 18.0 Å². The van der Waals surface area contributed by atoms with Crippen molar-refractivity contribution in [3.8, 4) is 5.69 Å². The van der Waals surface area contributed by atoms with Gasteiger partial charge in [0.2, 0.25) is 0 Å². The van der Waals surface area contributed by atoms with Crippen molar-refractivity contribution in [3.05, 3.63) is 90.6 Å². The van der Waals surface area contributed by atoms with E-state index in [0.29, 0.717) is 21.6 Å². The molecule has 0 saturated carbocycles. The van der Waals surface area contributed by atoms with Gasteiger partial charge in [0.1, 0.15) is 5.39 Å². The lowest BCUT2D eigenvalue weighted by molar-refractivity contribution is 0.877. The molecule has 0 saturated heterocycles. The maximum Gasteiger partial charge on any atom is 0.334 e. The Kier molecular flexibility index (Phi) is 5.34. The molecule has 0 aliphatic carbocycles. The third-order valence-corrected chi connectivity index (χ3v) is 5.71. The van der Waals surface area contributed by atoms with Crippen molar-refractivity contribution < 1.29 is 0 Å². The predicted octanol–water partition coefficient (Wildman–Crippen LogP) is 4.18. The highest BCUT2D eigenvalue weighted by Gasteiger charge is 2.12. The monoisotopic (exact) mass is 474 g/mol. The van der Waals surface area contributed by atoms with E-state index in [1.54, 1.807) is 24.3 Å². The molecule has 140 valence electrons. The lowest BCUT2D eigenvalue weighted by atomic mass is 10.2. The summed E-state index contributed by atoms with van der Waals surface area (Å²) in [6, 6.07) is 14.4. The standard InChI is InChI=1S/C19H12BrClN4O2S/c20-12-3-1-11(2-4-12)10-28-18-22-9-15-16(23-18)24-19(27)25(17(15)26)14-7-5-13(21)6-8-14/h1-9H,10H2,(H,22,23,24,27). The molecule has 9 heteroatoms. The van der Waals surface area contributed by atoms with Gasteiger partial charge in [0.15, 0.2) is 10.8 Å². The molecule has 0 radical (unpaired) electrons. The summed E-state index contributed by atoms with van der Waals surface area (Å²) in [4.78, 5) is 36.5. The number of aromatic amines is 1. The average Bonchev–Trinajstić information content (AvgIpc) is 2.69. The minimum absolute atomic E-state index is 0.216. The number of aromatic nitrogens is 4. The van der Waals surface area contributed by atoms with Crippen molar-refractivity contribution >= 4 is 50.3 Å². The van der Waals surface area contributed by atoms with Gasteiger partial charge in [0.25, 0.3) is 5.56 Å². The molecule has 0 aliphatic heterocycles. The fourth-order valence-electron chi connectivity index (χ4n) is 2.61. The molecule has 0 aliphatic rings. The number of halogens is 2. The van der Waals surface area contributed by atoms with E-state index < -0.39 is 11.2 Å². The Hall–Kier alpha value is -2.42. The van der Waals surface area contributed by atoms with Crippen LogP contribution in [-0.4, -0.2) is 19.5 Å². The summed E-state index contributed by atoms with van der Waals surface area (Å²) < 4.78 is 2.05. The van der Waals surface area contributed by atoms with Crippen molar-refractivity contribution in [1.29, 1.82) is 0 Å². The van der Waals surface area contributed by atoms with Crippen LogP contribution < -0.4 is 11.2 Å². The molecule has 1 N–H and O–H groups in total. The minimum Gasteiger partial charge on any atom is -0.291 e. The van der Waals surface area contributed by atoms with E-state index in [2.05, 4.69) is 30.9 Å². The molecule has 6 nitrogen and oxygen atoms in total. The molecule has 28 heavy (non-hydrogen) atoms. The van der Waals surface area contributed by atoms with Crippen LogP contribution >= 0.6 is 39.3 Å². The first kappa shape index (κ1) is 18.9. The molecule has 4 aromatic rings. The van der Waals surface area contributed by atoms with E-state index >= 15 is 0 Å². The van der Waals surface area contributed by atoms with Crippen LogP contribution in [0.15, 0.2) is 73.9 Å². The molecule has 0 bridgehead atoms. The van der Waals surface area contributed by atoms with Gasteiger partial charge < -0.3 is 0 Å². The first-order valence-electron chi connectivity index (χ1n) is 8.16. The molecular formula is C19H12BrClN4O2S. The van der Waals surface area contributed by atoms with E-state index in [1.807, 2.05) is 24.3 Å². The molecule has 0 amide bonds. The van der Waals surface area contributed by atoms with Gasteiger partial charge in [-0.3, -0.25) is 9.78 Å². The maximum absolute atomic E-state index is 12.8. The number of fused-ring (bicyclic) bond motifs is 1. The van der Waals surface area contributed by atoms with Crippen LogP contribution in [0.4, 0.5) is 0 Å². The van der Waals surface area contributed by atoms with Gasteiger partial charge >= 0.3 is 5.69 Å². The number of rotatable bonds is 4. The smallest absolute Gasteiger partial charge is 0.291 e. The molecule has 0 spiro atoms. The second-order valence-corrected chi connectivity index (χ2v) is 8.17. The number of hydrogen-bond acceptors (Lipinski definition) is 5. The van der Waals surface area contributed by atoms with Gasteiger partial charge in [-0.25, -0.2) is 19.3 Å². The average molecular weight is 476 g/mol. The molecule has 4 rings (SSSR count). The van der Waals surface area contributed by atoms with Crippen molar-refractivity contribution in [3.63, 3.8) is 0 Å². The Bertz CT molecular complexity index is 1270. The summed E-state index contributed by atoms with van der Waals surface area (Å²) in [6.45, 7) is 0. The van der Waals surface area contributed by atoms with Crippen LogP contribution in [0.5, 0.6) is 0 Å². The van der Waals surface area contributed by atoms with Crippen molar-refractivity contribution in [1.82, 2.24) is 19.5 Å². The summed E-state index contributed by atoms with van der Waals surface area (Å²) in [5, 5.41) is 1.24. The quantitative estimate of drug-likeness (QED) is 0.354. The second-order valence-electron chi connectivity index (χ2n) is 5.88. The maximum atomic E-state index is 12.8. The van der Waals surface area contributed by atoms with Crippen LogP contribution in [0.2, 0.25) is 5.02 Å². The SMILES string of the molecule is O=c1[nH]c2nc(SCc3ccc(Br)cc3)ncc2c(=O)n1-c1ccc(Cl)cc1. The Morgan fingerprint density at radius 1 is 1.07 bits per heavy atom. The summed E-state index contributed by atoms with van der Waals surface area (Å²) in [5.74, 6) is 0.671. The van der Waals surface area contributed by atoms with Crippen LogP contribution in [0.3, 0.4) is 0 Å². The van der Waals surface area contributed by atoms with E-state index in [4.69, 9.17) is 11.6 Å². The fraction of sp³-hybridized carbons (Fsp3) is 0.0526. The van der Waals surface area contributed by atoms with Crippen LogP contribution in [-0.2, 0) is 5.75 Å². The summed E-state index contributed by atoms with van der Waals surface area (Å²) in [7, 11) is 0. The van der Waals surface area contributed by atoms with Gasteiger partial charge in [0, 0.05) is 21.4 Å². The molecule has 0 atom stereocenters. The first-order valence-corrected chi connectivity index (χ1v) is 10.3. The van der Waals surface area contributed by atoms with E-state index in [0.717, 1.165) is 14.6 Å². The van der Waals surface area contributed by atoms with Gasteiger partial charge in [-0.1, -0.05) is 51.4 Å². The number of nitrogens with one attached hydrogen (secondary N) is 1. The van der Waals surface area contributed by atoms with Gasteiger partial charge in [-0.15, -0.1) is 0 Å². The number of nitrogens with zero attached hydrogens (tertiary/aromatic N) is 3. The van der Waals surface area contributed by atoms with Gasteiger partial charge in [0.05, 0.1) is 5.69 Å². The molecule has 0 unspecified atom stereocenters. The minimum atomic E-state index is -0.567. The third-order valence-electron chi connectivity index (χ3n) is 3.99. The van der Waals surface area contributed by atoms with E-state index in [9.17, 15) is 9.59 Å². The molecular weight excluding hydrogens is 464 g/mol. The van der Waals surface area contributed by atoms with Gasteiger partial charge in [-0.05, 0) is 42.0 Å². The number of benzene rings is 2. The number of H-pyrrole nitrogens is 1. The first-order chi connectivity index (χ1) is 13.5. The molecule has 2 aromatic carbocycles. The molecule has 2 heterocycles. The van der Waals surface area contributed by atoms with E-state index in [-0.39, 0.29) is 11.0 Å². The highest BCUT2D eigenvalue weighted by atomic mass is 79.9. The molecule has 0 fully saturated rings. The zero-order valence-electron chi connectivity index (χ0n) is 14.2. The summed E-state index contributed by atoms with van der Waals surface area (Å²) in [5.41, 5.74) is 0.705. The predicted molar refractivity (Wildman–Crippen MR) is 114 cm³/mol. The normalized spacial score (nSPS) is 11.1.